The van der Waals surface area contributed by atoms with E-state index in [9.17, 15) is 9.59 Å². The van der Waals surface area contributed by atoms with E-state index < -0.39 is 11.9 Å². The number of fused-ring (bicyclic) bond motifs is 2. The van der Waals surface area contributed by atoms with E-state index in [-0.39, 0.29) is 18.6 Å². The number of ether oxygens (including phenoxy) is 2. The Bertz CT molecular complexity index is 863. The van der Waals surface area contributed by atoms with Gasteiger partial charge in [-0.05, 0) is 19.1 Å². The van der Waals surface area contributed by atoms with Gasteiger partial charge in [-0.1, -0.05) is 12.1 Å². The number of H-pyrrole nitrogens is 1. The molecule has 0 radical (unpaired) electrons. The molecule has 1 aromatic heterocycles. The summed E-state index contributed by atoms with van der Waals surface area (Å²) in [7, 11) is 1.67. The fraction of sp³-hybridized carbons (Fsp3) is 0.389. The lowest BCUT2D eigenvalue weighted by Gasteiger charge is -2.21. The van der Waals surface area contributed by atoms with Crippen LogP contribution in [0.25, 0.3) is 0 Å². The van der Waals surface area contributed by atoms with Crippen molar-refractivity contribution in [2.24, 2.45) is 0 Å². The second kappa shape index (κ2) is 6.45. The standard InChI is InChI=1S/C18H20N4O4/c1-10-7-11-12(8-25-10)20-21-16(11)17(23)19-13-9-26-15-6-4-3-5-14(15)22(2)18(13)24/h3-6,10,13H,7-9H2,1-2H3,(H,19,23)(H,20,21). The highest BCUT2D eigenvalue weighted by molar-refractivity contribution is 6.03. The normalized spacial score (nSPS) is 22.1. The molecule has 2 aliphatic heterocycles. The van der Waals surface area contributed by atoms with Crippen molar-refractivity contribution in [1.29, 1.82) is 0 Å². The van der Waals surface area contributed by atoms with Crippen LogP contribution < -0.4 is 15.0 Å². The van der Waals surface area contributed by atoms with Gasteiger partial charge in [-0.15, -0.1) is 0 Å². The van der Waals surface area contributed by atoms with E-state index in [1.165, 1.54) is 4.90 Å². The van der Waals surface area contributed by atoms with Crippen LogP contribution in [0.4, 0.5) is 5.69 Å². The van der Waals surface area contributed by atoms with Crippen LogP contribution in [0.15, 0.2) is 24.3 Å². The molecule has 4 rings (SSSR count). The molecule has 0 spiro atoms. The zero-order valence-corrected chi connectivity index (χ0v) is 14.6. The van der Waals surface area contributed by atoms with E-state index in [2.05, 4.69) is 15.5 Å². The number of carbonyl (C=O) groups excluding carboxylic acids is 2. The summed E-state index contributed by atoms with van der Waals surface area (Å²) in [4.78, 5) is 27.0. The second-order valence-corrected chi connectivity index (χ2v) is 6.56. The summed E-state index contributed by atoms with van der Waals surface area (Å²) in [5.41, 5.74) is 2.64. The summed E-state index contributed by atoms with van der Waals surface area (Å²) in [5, 5.41) is 9.73. The Labute approximate surface area is 150 Å². The van der Waals surface area contributed by atoms with Crippen molar-refractivity contribution in [3.8, 4) is 5.75 Å². The Balaban J connectivity index is 1.54. The van der Waals surface area contributed by atoms with E-state index in [0.29, 0.717) is 30.2 Å². The van der Waals surface area contributed by atoms with E-state index >= 15 is 0 Å². The molecular formula is C18H20N4O4. The van der Waals surface area contributed by atoms with Gasteiger partial charge in [-0.25, -0.2) is 0 Å². The zero-order chi connectivity index (χ0) is 18.3. The molecule has 2 atom stereocenters. The molecule has 1 aromatic carbocycles. The van der Waals surface area contributed by atoms with Crippen LogP contribution >= 0.6 is 0 Å². The van der Waals surface area contributed by atoms with Crippen molar-refractivity contribution in [2.75, 3.05) is 18.6 Å². The number of nitrogens with one attached hydrogen (secondary N) is 2. The third-order valence-electron chi connectivity index (χ3n) is 4.74. The third kappa shape index (κ3) is 2.82. The topological polar surface area (TPSA) is 96.5 Å². The summed E-state index contributed by atoms with van der Waals surface area (Å²) in [6, 6.07) is 6.50. The molecule has 0 aliphatic carbocycles. The molecule has 0 fully saturated rings. The number of hydrogen-bond acceptors (Lipinski definition) is 5. The molecule has 2 aliphatic rings. The zero-order valence-electron chi connectivity index (χ0n) is 14.6. The van der Waals surface area contributed by atoms with E-state index in [4.69, 9.17) is 9.47 Å². The first-order valence-corrected chi connectivity index (χ1v) is 8.52. The highest BCUT2D eigenvalue weighted by Gasteiger charge is 2.32. The van der Waals surface area contributed by atoms with Gasteiger partial charge in [0.15, 0.2) is 5.69 Å². The van der Waals surface area contributed by atoms with Gasteiger partial charge in [0.1, 0.15) is 18.4 Å². The molecule has 8 nitrogen and oxygen atoms in total. The van der Waals surface area contributed by atoms with Crippen LogP contribution in [0.5, 0.6) is 5.75 Å². The maximum atomic E-state index is 12.7. The summed E-state index contributed by atoms with van der Waals surface area (Å²) in [5.74, 6) is -0.00877. The Morgan fingerprint density at radius 2 is 2.19 bits per heavy atom. The molecule has 0 bridgehead atoms. The van der Waals surface area contributed by atoms with Crippen molar-refractivity contribution >= 4 is 17.5 Å². The minimum Gasteiger partial charge on any atom is -0.489 e. The number of amides is 2. The van der Waals surface area contributed by atoms with Crippen LogP contribution in [0.3, 0.4) is 0 Å². The smallest absolute Gasteiger partial charge is 0.272 e. The number of aromatic amines is 1. The first-order chi connectivity index (χ1) is 12.5. The number of benzene rings is 1. The monoisotopic (exact) mass is 356 g/mol. The molecule has 3 heterocycles. The van der Waals surface area contributed by atoms with Gasteiger partial charge in [0, 0.05) is 19.0 Å². The van der Waals surface area contributed by atoms with Crippen molar-refractivity contribution in [3.05, 3.63) is 41.2 Å². The number of likely N-dealkylation sites (N-methyl/N-ethyl adjacent to an activating group) is 1. The molecule has 0 saturated heterocycles. The molecule has 2 aromatic rings. The van der Waals surface area contributed by atoms with Crippen LogP contribution in [-0.4, -0.2) is 47.8 Å². The molecule has 136 valence electrons. The largest absolute Gasteiger partial charge is 0.489 e. The van der Waals surface area contributed by atoms with E-state index in [1.807, 2.05) is 25.1 Å². The molecule has 26 heavy (non-hydrogen) atoms. The number of aromatic nitrogens is 2. The molecular weight excluding hydrogens is 336 g/mol. The molecule has 2 unspecified atom stereocenters. The number of anilines is 1. The highest BCUT2D eigenvalue weighted by atomic mass is 16.5. The molecule has 8 heteroatoms. The Hall–Kier alpha value is -2.87. The number of nitrogens with zero attached hydrogens (tertiary/aromatic N) is 2. The third-order valence-corrected chi connectivity index (χ3v) is 4.74. The lowest BCUT2D eigenvalue weighted by atomic mass is 10.0. The average Bonchev–Trinajstić information content (AvgIpc) is 3.02. The highest BCUT2D eigenvalue weighted by Crippen LogP contribution is 2.30. The summed E-state index contributed by atoms with van der Waals surface area (Å²) in [6.45, 7) is 2.42. The number of rotatable bonds is 2. The maximum absolute atomic E-state index is 12.7. The fourth-order valence-electron chi connectivity index (χ4n) is 3.28. The van der Waals surface area contributed by atoms with Crippen LogP contribution in [0.2, 0.25) is 0 Å². The van der Waals surface area contributed by atoms with Crippen molar-refractivity contribution in [2.45, 2.75) is 32.1 Å². The van der Waals surface area contributed by atoms with Gasteiger partial charge >= 0.3 is 0 Å². The maximum Gasteiger partial charge on any atom is 0.272 e. The molecule has 2 amide bonds. The van der Waals surface area contributed by atoms with E-state index in [0.717, 1.165) is 11.3 Å². The van der Waals surface area contributed by atoms with Crippen LogP contribution in [0, 0.1) is 0 Å². The lowest BCUT2D eigenvalue weighted by molar-refractivity contribution is -0.120. The summed E-state index contributed by atoms with van der Waals surface area (Å²) >= 11 is 0. The SMILES string of the molecule is CC1Cc2c(C(=O)NC3COc4ccccc4N(C)C3=O)n[nH]c2CO1. The Morgan fingerprint density at radius 1 is 1.38 bits per heavy atom. The van der Waals surface area contributed by atoms with Crippen molar-refractivity contribution in [1.82, 2.24) is 15.5 Å². The van der Waals surface area contributed by atoms with Gasteiger partial charge in [-0.3, -0.25) is 14.7 Å². The first-order valence-electron chi connectivity index (χ1n) is 8.52. The van der Waals surface area contributed by atoms with Gasteiger partial charge in [0.25, 0.3) is 11.8 Å². The Kier molecular flexibility index (Phi) is 4.12. The minimum absolute atomic E-state index is 0.0233. The van der Waals surface area contributed by atoms with Crippen LogP contribution in [-0.2, 0) is 22.6 Å². The minimum atomic E-state index is -0.787. The first kappa shape index (κ1) is 16.6. The molecule has 2 N–H and O–H groups in total. The van der Waals surface area contributed by atoms with Crippen molar-refractivity contribution in [3.63, 3.8) is 0 Å². The summed E-state index contributed by atoms with van der Waals surface area (Å²) in [6.07, 6.45) is 0.629. The van der Waals surface area contributed by atoms with Gasteiger partial charge < -0.3 is 19.7 Å². The quantitative estimate of drug-likeness (QED) is 0.838. The predicted octanol–water partition coefficient (Wildman–Crippen LogP) is 1.02. The predicted molar refractivity (Wildman–Crippen MR) is 93.1 cm³/mol. The molecule has 0 saturated carbocycles. The fourth-order valence-corrected chi connectivity index (χ4v) is 3.28. The lowest BCUT2D eigenvalue weighted by Crippen LogP contribution is -2.49. The number of para-hydroxylation sites is 2. The number of carbonyl (C=O) groups is 2. The number of hydrogen-bond donors (Lipinski definition) is 2. The average molecular weight is 356 g/mol. The Morgan fingerprint density at radius 3 is 3.04 bits per heavy atom. The van der Waals surface area contributed by atoms with Crippen molar-refractivity contribution < 1.29 is 19.1 Å². The van der Waals surface area contributed by atoms with Gasteiger partial charge in [0.05, 0.1) is 24.1 Å². The second-order valence-electron chi connectivity index (χ2n) is 6.56. The van der Waals surface area contributed by atoms with E-state index in [1.54, 1.807) is 13.1 Å². The van der Waals surface area contributed by atoms with Gasteiger partial charge in [0.2, 0.25) is 0 Å². The summed E-state index contributed by atoms with van der Waals surface area (Å²) < 4.78 is 11.3. The van der Waals surface area contributed by atoms with Gasteiger partial charge in [-0.2, -0.15) is 5.10 Å². The van der Waals surface area contributed by atoms with Crippen LogP contribution in [0.1, 0.15) is 28.7 Å².